The van der Waals surface area contributed by atoms with Crippen molar-refractivity contribution in [2.24, 2.45) is 4.99 Å². The van der Waals surface area contributed by atoms with Gasteiger partial charge in [0.25, 0.3) is 5.91 Å². The molecule has 0 saturated carbocycles. The first-order valence-corrected chi connectivity index (χ1v) is 8.93. The Morgan fingerprint density at radius 1 is 1.36 bits per heavy atom. The maximum Gasteiger partial charge on any atom is 0.300 e. The summed E-state index contributed by atoms with van der Waals surface area (Å²) in [5.41, 5.74) is 0.717. The highest BCUT2D eigenvalue weighted by atomic mass is 32.1. The van der Waals surface area contributed by atoms with Gasteiger partial charge in [-0.2, -0.15) is 10.1 Å². The Morgan fingerprint density at radius 2 is 2.20 bits per heavy atom. The van der Waals surface area contributed by atoms with E-state index in [4.69, 9.17) is 4.74 Å². The summed E-state index contributed by atoms with van der Waals surface area (Å²) in [5, 5.41) is 4.17. The van der Waals surface area contributed by atoms with Gasteiger partial charge in [-0.1, -0.05) is 17.4 Å². The number of thiazole rings is 1. The monoisotopic (exact) mass is 362 g/mol. The molecule has 0 bridgehead atoms. The van der Waals surface area contributed by atoms with E-state index in [0.717, 1.165) is 4.70 Å². The molecular weight excluding hydrogens is 343 g/mol. The summed E-state index contributed by atoms with van der Waals surface area (Å²) in [6, 6.07) is 6.50. The van der Waals surface area contributed by atoms with Gasteiger partial charge < -0.3 is 9.30 Å². The third-order valence-corrected chi connectivity index (χ3v) is 4.74. The summed E-state index contributed by atoms with van der Waals surface area (Å²) < 4.78 is 23.8. The van der Waals surface area contributed by atoms with E-state index in [1.54, 1.807) is 27.6 Å². The molecular formula is C17H19FN4O2S. The number of ether oxygens (including phenoxy) is 1. The molecule has 0 saturated heterocycles. The van der Waals surface area contributed by atoms with E-state index in [2.05, 4.69) is 10.1 Å². The molecule has 0 radical (unpaired) electrons. The van der Waals surface area contributed by atoms with Crippen molar-refractivity contribution in [1.29, 1.82) is 0 Å². The first-order chi connectivity index (χ1) is 12.1. The molecule has 1 aromatic carbocycles. The minimum absolute atomic E-state index is 0.274. The Hall–Kier alpha value is -2.32. The maximum absolute atomic E-state index is 14.3. The quantitative estimate of drug-likeness (QED) is 0.634. The number of carbonyl (C=O) groups is 1. The molecule has 0 unspecified atom stereocenters. The summed E-state index contributed by atoms with van der Waals surface area (Å²) in [4.78, 5) is 17.0. The van der Waals surface area contributed by atoms with Crippen molar-refractivity contribution in [1.82, 2.24) is 14.3 Å². The summed E-state index contributed by atoms with van der Waals surface area (Å²) in [5.74, 6) is -0.779. The second-order valence-corrected chi connectivity index (χ2v) is 6.30. The standard InChI is InChI=1S/C17H19FN4O2S/c1-3-21-9-8-13(20-21)16(23)19-17-22(10-11-24-4-2)15-12(18)6-5-7-14(15)25-17/h5-9H,3-4,10-11H2,1-2H3. The van der Waals surface area contributed by atoms with E-state index < -0.39 is 5.91 Å². The summed E-state index contributed by atoms with van der Waals surface area (Å²) >= 11 is 1.28. The third-order valence-electron chi connectivity index (χ3n) is 3.70. The second-order valence-electron chi connectivity index (χ2n) is 5.29. The molecule has 0 atom stereocenters. The van der Waals surface area contributed by atoms with Crippen LogP contribution in [-0.2, 0) is 17.8 Å². The van der Waals surface area contributed by atoms with Crippen LogP contribution in [0.2, 0.25) is 0 Å². The Labute approximate surface area is 148 Å². The van der Waals surface area contributed by atoms with Crippen LogP contribution >= 0.6 is 11.3 Å². The third kappa shape index (κ3) is 3.69. The maximum atomic E-state index is 14.3. The molecule has 6 nitrogen and oxygen atoms in total. The first-order valence-electron chi connectivity index (χ1n) is 8.12. The van der Waals surface area contributed by atoms with E-state index in [9.17, 15) is 9.18 Å². The number of para-hydroxylation sites is 1. The molecule has 8 heteroatoms. The highest BCUT2D eigenvalue weighted by Gasteiger charge is 2.13. The lowest BCUT2D eigenvalue weighted by molar-refractivity contribution is 0.0991. The van der Waals surface area contributed by atoms with Crippen LogP contribution in [0.15, 0.2) is 35.5 Å². The number of benzene rings is 1. The van der Waals surface area contributed by atoms with E-state index in [1.165, 1.54) is 17.4 Å². The molecule has 3 aromatic rings. The van der Waals surface area contributed by atoms with Crippen LogP contribution in [0, 0.1) is 5.82 Å². The van der Waals surface area contributed by atoms with Crippen LogP contribution in [0.4, 0.5) is 4.39 Å². The van der Waals surface area contributed by atoms with Gasteiger partial charge in [0.15, 0.2) is 10.5 Å². The lowest BCUT2D eigenvalue weighted by Crippen LogP contribution is -2.20. The number of fused-ring (bicyclic) bond motifs is 1. The SMILES string of the molecule is CCOCCn1c(=NC(=O)c2ccn(CC)n2)sc2cccc(F)c21. The van der Waals surface area contributed by atoms with Crippen molar-refractivity contribution in [3.63, 3.8) is 0 Å². The number of nitrogens with zero attached hydrogens (tertiary/aromatic N) is 4. The number of hydrogen-bond acceptors (Lipinski definition) is 4. The average molecular weight is 362 g/mol. The van der Waals surface area contributed by atoms with Gasteiger partial charge in [-0.3, -0.25) is 9.48 Å². The summed E-state index contributed by atoms with van der Waals surface area (Å²) in [7, 11) is 0. The number of aryl methyl sites for hydroxylation is 1. The fraction of sp³-hybridized carbons (Fsp3) is 0.353. The van der Waals surface area contributed by atoms with E-state index >= 15 is 0 Å². The molecule has 0 aliphatic carbocycles. The number of carbonyl (C=O) groups excluding carboxylic acids is 1. The van der Waals surface area contributed by atoms with Gasteiger partial charge in [0.1, 0.15) is 5.82 Å². The molecule has 2 aromatic heterocycles. The largest absolute Gasteiger partial charge is 0.380 e. The smallest absolute Gasteiger partial charge is 0.300 e. The number of amides is 1. The second kappa shape index (κ2) is 7.71. The van der Waals surface area contributed by atoms with Gasteiger partial charge in [-0.05, 0) is 32.0 Å². The summed E-state index contributed by atoms with van der Waals surface area (Å²) in [6.07, 6.45) is 1.73. The normalized spacial score (nSPS) is 12.2. The predicted molar refractivity (Wildman–Crippen MR) is 94.1 cm³/mol. The molecule has 0 spiro atoms. The van der Waals surface area contributed by atoms with Gasteiger partial charge in [0.2, 0.25) is 0 Å². The highest BCUT2D eigenvalue weighted by molar-refractivity contribution is 7.16. The number of aromatic nitrogens is 3. The Morgan fingerprint density at radius 3 is 2.92 bits per heavy atom. The minimum atomic E-state index is -0.440. The number of hydrogen-bond donors (Lipinski definition) is 0. The molecule has 0 fully saturated rings. The molecule has 1 amide bonds. The zero-order valence-corrected chi connectivity index (χ0v) is 14.9. The van der Waals surface area contributed by atoms with Crippen LogP contribution in [0.25, 0.3) is 10.2 Å². The lowest BCUT2D eigenvalue weighted by atomic mass is 10.3. The van der Waals surface area contributed by atoms with Crippen molar-refractivity contribution in [2.75, 3.05) is 13.2 Å². The van der Waals surface area contributed by atoms with E-state index in [0.29, 0.717) is 36.6 Å². The van der Waals surface area contributed by atoms with Crippen molar-refractivity contribution >= 4 is 27.5 Å². The minimum Gasteiger partial charge on any atom is -0.380 e. The van der Waals surface area contributed by atoms with Crippen molar-refractivity contribution < 1.29 is 13.9 Å². The topological polar surface area (TPSA) is 61.4 Å². The fourth-order valence-corrected chi connectivity index (χ4v) is 3.54. The van der Waals surface area contributed by atoms with Gasteiger partial charge in [-0.25, -0.2) is 4.39 Å². The van der Waals surface area contributed by atoms with Crippen LogP contribution in [0.1, 0.15) is 24.3 Å². The van der Waals surface area contributed by atoms with Crippen LogP contribution in [-0.4, -0.2) is 33.5 Å². The van der Waals surface area contributed by atoms with E-state index in [-0.39, 0.29) is 11.5 Å². The lowest BCUT2D eigenvalue weighted by Gasteiger charge is -2.05. The Balaban J connectivity index is 2.05. The Bertz CT molecular complexity index is 957. The van der Waals surface area contributed by atoms with Crippen LogP contribution < -0.4 is 4.80 Å². The van der Waals surface area contributed by atoms with Gasteiger partial charge >= 0.3 is 0 Å². The van der Waals surface area contributed by atoms with Gasteiger partial charge in [0.05, 0.1) is 16.8 Å². The van der Waals surface area contributed by atoms with Crippen molar-refractivity contribution in [2.45, 2.75) is 26.9 Å². The molecule has 0 aliphatic heterocycles. The van der Waals surface area contributed by atoms with Gasteiger partial charge in [-0.15, -0.1) is 0 Å². The molecule has 2 heterocycles. The van der Waals surface area contributed by atoms with Crippen molar-refractivity contribution in [3.05, 3.63) is 46.8 Å². The molecule has 0 N–H and O–H groups in total. The number of halogens is 1. The molecule has 0 aliphatic rings. The zero-order chi connectivity index (χ0) is 17.8. The first kappa shape index (κ1) is 17.5. The highest BCUT2D eigenvalue weighted by Crippen LogP contribution is 2.20. The van der Waals surface area contributed by atoms with Gasteiger partial charge in [0, 0.05) is 25.9 Å². The van der Waals surface area contributed by atoms with Crippen LogP contribution in [0.3, 0.4) is 0 Å². The average Bonchev–Trinajstić information content (AvgIpc) is 3.21. The number of rotatable bonds is 6. The molecule has 3 rings (SSSR count). The van der Waals surface area contributed by atoms with Crippen molar-refractivity contribution in [3.8, 4) is 0 Å². The summed E-state index contributed by atoms with van der Waals surface area (Å²) in [6.45, 7) is 5.93. The van der Waals surface area contributed by atoms with E-state index in [1.807, 2.05) is 19.9 Å². The fourth-order valence-electron chi connectivity index (χ4n) is 2.48. The predicted octanol–water partition coefficient (Wildman–Crippen LogP) is 2.84. The molecule has 132 valence electrons. The Kier molecular flexibility index (Phi) is 5.40. The zero-order valence-electron chi connectivity index (χ0n) is 14.1. The molecule has 25 heavy (non-hydrogen) atoms. The van der Waals surface area contributed by atoms with Crippen LogP contribution in [0.5, 0.6) is 0 Å².